The number of alkyl halides is 3. The highest BCUT2D eigenvalue weighted by Crippen LogP contribution is 2.31. The Morgan fingerprint density at radius 3 is 2.70 bits per heavy atom. The van der Waals surface area contributed by atoms with E-state index in [-0.39, 0.29) is 21.8 Å². The molecule has 0 bridgehead atoms. The van der Waals surface area contributed by atoms with E-state index < -0.39 is 17.8 Å². The van der Waals surface area contributed by atoms with E-state index in [1.165, 1.54) is 12.3 Å². The van der Waals surface area contributed by atoms with Crippen molar-refractivity contribution >= 4 is 34.1 Å². The molecule has 11 heteroatoms. The van der Waals surface area contributed by atoms with E-state index >= 15 is 0 Å². The number of amides is 1. The van der Waals surface area contributed by atoms with Gasteiger partial charge in [0, 0.05) is 5.56 Å². The number of aromatic hydroxyl groups is 1. The highest BCUT2D eigenvalue weighted by Gasteiger charge is 2.35. The molecule has 3 aromatic rings. The van der Waals surface area contributed by atoms with Gasteiger partial charge in [0.1, 0.15) is 16.9 Å². The number of hydrogen-bond acceptors (Lipinski definition) is 7. The number of phenols is 1. The third-order valence-electron chi connectivity index (χ3n) is 3.62. The SMILES string of the molecule is Cc1ccc(O)c(C)c1NC(=O)c1cnc(Nc2nc(C(F)(F)F)co2)s1. The first-order valence-electron chi connectivity index (χ1n) is 7.51. The second kappa shape index (κ2) is 6.91. The minimum atomic E-state index is -4.62. The average molecular weight is 398 g/mol. The summed E-state index contributed by atoms with van der Waals surface area (Å²) in [6, 6.07) is 2.81. The van der Waals surface area contributed by atoms with Crippen LogP contribution in [0.3, 0.4) is 0 Å². The average Bonchev–Trinajstić information content (AvgIpc) is 3.25. The number of anilines is 3. The fourth-order valence-electron chi connectivity index (χ4n) is 2.19. The van der Waals surface area contributed by atoms with Gasteiger partial charge in [0.2, 0.25) is 0 Å². The first-order valence-corrected chi connectivity index (χ1v) is 8.33. The molecule has 2 aromatic heterocycles. The standard InChI is InChI=1S/C16H13F3N4O3S/c1-7-3-4-9(24)8(2)12(7)22-13(25)10-5-20-15(27-10)23-14-21-11(6-26-14)16(17,18)19/h3-6,24H,1-2H3,(H,22,25)(H,20,21,23). The molecule has 3 N–H and O–H groups in total. The van der Waals surface area contributed by atoms with E-state index in [9.17, 15) is 23.1 Å². The zero-order valence-electron chi connectivity index (χ0n) is 14.0. The quantitative estimate of drug-likeness (QED) is 0.600. The van der Waals surface area contributed by atoms with Gasteiger partial charge in [0.25, 0.3) is 5.91 Å². The number of benzene rings is 1. The van der Waals surface area contributed by atoms with Crippen molar-refractivity contribution in [1.82, 2.24) is 9.97 Å². The zero-order valence-corrected chi connectivity index (χ0v) is 14.8. The lowest BCUT2D eigenvalue weighted by Crippen LogP contribution is -2.12. The second-order valence-electron chi connectivity index (χ2n) is 5.55. The molecule has 0 atom stereocenters. The molecular formula is C16H13F3N4O3S. The van der Waals surface area contributed by atoms with Crippen LogP contribution >= 0.6 is 11.3 Å². The van der Waals surface area contributed by atoms with Crippen molar-refractivity contribution in [3.05, 3.63) is 46.3 Å². The molecule has 1 amide bonds. The van der Waals surface area contributed by atoms with Crippen molar-refractivity contribution < 1.29 is 27.5 Å². The van der Waals surface area contributed by atoms with Crippen LogP contribution in [0.1, 0.15) is 26.5 Å². The first kappa shape index (κ1) is 18.7. The number of nitrogens with one attached hydrogen (secondary N) is 2. The van der Waals surface area contributed by atoms with Crippen molar-refractivity contribution in [1.29, 1.82) is 0 Å². The Hall–Kier alpha value is -3.08. The van der Waals surface area contributed by atoms with Gasteiger partial charge in [-0.15, -0.1) is 0 Å². The number of halogens is 3. The topological polar surface area (TPSA) is 100 Å². The van der Waals surface area contributed by atoms with Gasteiger partial charge in [-0.05, 0) is 25.5 Å². The van der Waals surface area contributed by atoms with Crippen molar-refractivity contribution in [3.63, 3.8) is 0 Å². The Balaban J connectivity index is 1.73. The molecule has 0 aliphatic heterocycles. The lowest BCUT2D eigenvalue weighted by Gasteiger charge is -2.11. The maximum Gasteiger partial charge on any atom is 0.436 e. The number of phenolic OH excluding ortho intramolecular Hbond substituents is 1. The van der Waals surface area contributed by atoms with Crippen LogP contribution in [-0.2, 0) is 6.18 Å². The Labute approximate surface area is 154 Å². The normalized spacial score (nSPS) is 11.4. The van der Waals surface area contributed by atoms with E-state index in [1.54, 1.807) is 19.9 Å². The fourth-order valence-corrected chi connectivity index (χ4v) is 2.89. The fraction of sp³-hybridized carbons (Fsp3) is 0.188. The third kappa shape index (κ3) is 4.03. The van der Waals surface area contributed by atoms with Crippen LogP contribution in [0.4, 0.5) is 30.0 Å². The molecule has 2 heterocycles. The number of oxazole rings is 1. The number of carbonyl (C=O) groups excluding carboxylic acids is 1. The van der Waals surface area contributed by atoms with Crippen LogP contribution in [0.25, 0.3) is 0 Å². The van der Waals surface area contributed by atoms with Crippen LogP contribution in [0.15, 0.2) is 29.0 Å². The summed E-state index contributed by atoms with van der Waals surface area (Å²) < 4.78 is 42.3. The Morgan fingerprint density at radius 2 is 2.04 bits per heavy atom. The summed E-state index contributed by atoms with van der Waals surface area (Å²) in [5.41, 5.74) is 0.589. The van der Waals surface area contributed by atoms with Gasteiger partial charge in [0.15, 0.2) is 10.8 Å². The molecule has 27 heavy (non-hydrogen) atoms. The molecular weight excluding hydrogens is 385 g/mol. The molecule has 0 saturated heterocycles. The zero-order chi connectivity index (χ0) is 19.8. The summed E-state index contributed by atoms with van der Waals surface area (Å²) in [4.78, 5) is 19.8. The van der Waals surface area contributed by atoms with Gasteiger partial charge >= 0.3 is 12.2 Å². The third-order valence-corrected chi connectivity index (χ3v) is 4.53. The predicted molar refractivity (Wildman–Crippen MR) is 92.4 cm³/mol. The molecule has 0 saturated carbocycles. The molecule has 0 fully saturated rings. The molecule has 0 unspecified atom stereocenters. The van der Waals surface area contributed by atoms with Crippen LogP contribution in [0.2, 0.25) is 0 Å². The molecule has 1 aromatic carbocycles. The summed E-state index contributed by atoms with van der Waals surface area (Å²) in [5, 5.41) is 15.1. The molecule has 7 nitrogen and oxygen atoms in total. The first-order chi connectivity index (χ1) is 12.6. The predicted octanol–water partition coefficient (Wildman–Crippen LogP) is 4.47. The van der Waals surface area contributed by atoms with Crippen molar-refractivity contribution in [2.75, 3.05) is 10.6 Å². The van der Waals surface area contributed by atoms with Gasteiger partial charge in [-0.2, -0.15) is 18.2 Å². The van der Waals surface area contributed by atoms with E-state index in [1.807, 2.05) is 0 Å². The number of hydrogen-bond donors (Lipinski definition) is 3. The Kier molecular flexibility index (Phi) is 4.79. The number of thiazole rings is 1. The summed E-state index contributed by atoms with van der Waals surface area (Å²) in [6.45, 7) is 3.45. The summed E-state index contributed by atoms with van der Waals surface area (Å²) in [7, 11) is 0. The van der Waals surface area contributed by atoms with E-state index in [2.05, 4.69) is 20.6 Å². The van der Waals surface area contributed by atoms with Crippen LogP contribution in [-0.4, -0.2) is 21.0 Å². The number of aryl methyl sites for hydroxylation is 1. The van der Waals surface area contributed by atoms with Gasteiger partial charge < -0.3 is 14.8 Å². The summed E-state index contributed by atoms with van der Waals surface area (Å²) in [6.07, 6.45) is -2.87. The lowest BCUT2D eigenvalue weighted by atomic mass is 10.1. The molecule has 0 spiro atoms. The molecule has 142 valence electrons. The number of aromatic nitrogens is 2. The van der Waals surface area contributed by atoms with Crippen LogP contribution < -0.4 is 10.6 Å². The summed E-state index contributed by atoms with van der Waals surface area (Å²) in [5.74, 6) is -0.423. The van der Waals surface area contributed by atoms with Crippen LogP contribution in [0, 0.1) is 13.8 Å². The smallest absolute Gasteiger partial charge is 0.436 e. The van der Waals surface area contributed by atoms with Gasteiger partial charge in [0.05, 0.1) is 11.9 Å². The second-order valence-corrected chi connectivity index (χ2v) is 6.58. The van der Waals surface area contributed by atoms with Crippen molar-refractivity contribution in [2.24, 2.45) is 0 Å². The van der Waals surface area contributed by atoms with Gasteiger partial charge in [-0.3, -0.25) is 10.1 Å². The summed E-state index contributed by atoms with van der Waals surface area (Å²) >= 11 is 0.910. The molecule has 0 aliphatic carbocycles. The molecule has 0 radical (unpaired) electrons. The van der Waals surface area contributed by atoms with Gasteiger partial charge in [-0.25, -0.2) is 4.98 Å². The van der Waals surface area contributed by atoms with E-state index in [4.69, 9.17) is 4.42 Å². The number of nitrogens with zero attached hydrogens (tertiary/aromatic N) is 2. The highest BCUT2D eigenvalue weighted by atomic mass is 32.1. The minimum absolute atomic E-state index is 0.0481. The van der Waals surface area contributed by atoms with E-state index in [0.29, 0.717) is 17.5 Å². The lowest BCUT2D eigenvalue weighted by molar-refractivity contribution is -0.141. The number of carbonyl (C=O) groups is 1. The number of rotatable bonds is 4. The van der Waals surface area contributed by atoms with Crippen molar-refractivity contribution in [3.8, 4) is 5.75 Å². The van der Waals surface area contributed by atoms with Crippen molar-refractivity contribution in [2.45, 2.75) is 20.0 Å². The highest BCUT2D eigenvalue weighted by molar-refractivity contribution is 7.17. The minimum Gasteiger partial charge on any atom is -0.508 e. The maximum atomic E-state index is 12.5. The molecule has 3 rings (SSSR count). The largest absolute Gasteiger partial charge is 0.508 e. The Morgan fingerprint density at radius 1 is 1.30 bits per heavy atom. The molecule has 0 aliphatic rings. The monoisotopic (exact) mass is 398 g/mol. The Bertz CT molecular complexity index is 997. The van der Waals surface area contributed by atoms with Crippen LogP contribution in [0.5, 0.6) is 5.75 Å². The maximum absolute atomic E-state index is 12.5. The van der Waals surface area contributed by atoms with E-state index in [0.717, 1.165) is 16.9 Å². The van der Waals surface area contributed by atoms with Gasteiger partial charge in [-0.1, -0.05) is 17.4 Å².